The molecule has 1 heterocycles. The standard InChI is InChI=1S/C9H14BrNO/c1-6-5-7(10)12-8(6)9(2,3)11-4/h5,11H,1-4H3. The van der Waals surface area contributed by atoms with Crippen molar-refractivity contribution in [3.8, 4) is 0 Å². The lowest BCUT2D eigenvalue weighted by Crippen LogP contribution is -2.33. The monoisotopic (exact) mass is 231 g/mol. The Kier molecular flexibility index (Phi) is 2.64. The molecule has 3 heteroatoms. The smallest absolute Gasteiger partial charge is 0.169 e. The Morgan fingerprint density at radius 2 is 2.08 bits per heavy atom. The number of nitrogens with one attached hydrogen (secondary N) is 1. The van der Waals surface area contributed by atoms with Gasteiger partial charge < -0.3 is 9.73 Å². The molecular formula is C9H14BrNO. The Hall–Kier alpha value is -0.280. The first kappa shape index (κ1) is 9.81. The number of aryl methyl sites for hydroxylation is 1. The van der Waals surface area contributed by atoms with E-state index in [1.54, 1.807) is 0 Å². The van der Waals surface area contributed by atoms with E-state index in [0.29, 0.717) is 0 Å². The van der Waals surface area contributed by atoms with Gasteiger partial charge in [0.15, 0.2) is 4.67 Å². The zero-order valence-corrected chi connectivity index (χ0v) is 9.45. The summed E-state index contributed by atoms with van der Waals surface area (Å²) in [4.78, 5) is 0. The normalized spacial score (nSPS) is 12.1. The third-order valence-electron chi connectivity index (χ3n) is 2.08. The fraction of sp³-hybridized carbons (Fsp3) is 0.556. The number of hydrogen-bond donors (Lipinski definition) is 1. The van der Waals surface area contributed by atoms with Crippen molar-refractivity contribution < 1.29 is 4.42 Å². The van der Waals surface area contributed by atoms with E-state index in [1.807, 2.05) is 20.0 Å². The van der Waals surface area contributed by atoms with E-state index in [-0.39, 0.29) is 5.54 Å². The van der Waals surface area contributed by atoms with E-state index in [2.05, 4.69) is 35.1 Å². The average Bonchev–Trinajstić information content (AvgIpc) is 2.31. The number of furan rings is 1. The molecule has 0 aliphatic heterocycles. The summed E-state index contributed by atoms with van der Waals surface area (Å²) in [5.74, 6) is 0.983. The van der Waals surface area contributed by atoms with Gasteiger partial charge in [0.1, 0.15) is 5.76 Å². The van der Waals surface area contributed by atoms with Crippen molar-refractivity contribution in [2.75, 3.05) is 7.05 Å². The highest BCUT2D eigenvalue weighted by Gasteiger charge is 2.24. The van der Waals surface area contributed by atoms with Crippen LogP contribution in [0.3, 0.4) is 0 Å². The fourth-order valence-electron chi connectivity index (χ4n) is 1.18. The van der Waals surface area contributed by atoms with Crippen LogP contribution >= 0.6 is 15.9 Å². The quantitative estimate of drug-likeness (QED) is 0.848. The third-order valence-corrected chi connectivity index (χ3v) is 2.47. The Labute approximate surface area is 81.5 Å². The molecular weight excluding hydrogens is 218 g/mol. The maximum Gasteiger partial charge on any atom is 0.169 e. The number of rotatable bonds is 2. The average molecular weight is 232 g/mol. The Morgan fingerprint density at radius 1 is 1.50 bits per heavy atom. The third kappa shape index (κ3) is 1.72. The van der Waals surface area contributed by atoms with Crippen molar-refractivity contribution in [1.29, 1.82) is 0 Å². The van der Waals surface area contributed by atoms with Crippen molar-refractivity contribution in [3.63, 3.8) is 0 Å². The lowest BCUT2D eigenvalue weighted by atomic mass is 9.99. The van der Waals surface area contributed by atoms with Gasteiger partial charge in [-0.05, 0) is 55.4 Å². The second-order valence-corrected chi connectivity index (χ2v) is 4.22. The van der Waals surface area contributed by atoms with Gasteiger partial charge in [0.25, 0.3) is 0 Å². The van der Waals surface area contributed by atoms with Gasteiger partial charge in [-0.3, -0.25) is 0 Å². The molecule has 68 valence electrons. The lowest BCUT2D eigenvalue weighted by molar-refractivity contribution is 0.332. The van der Waals surface area contributed by atoms with Crippen LogP contribution in [0.1, 0.15) is 25.2 Å². The molecule has 0 atom stereocenters. The largest absolute Gasteiger partial charge is 0.452 e. The van der Waals surface area contributed by atoms with Crippen molar-refractivity contribution >= 4 is 15.9 Å². The molecule has 0 unspecified atom stereocenters. The summed E-state index contributed by atoms with van der Waals surface area (Å²) in [6, 6.07) is 1.98. The van der Waals surface area contributed by atoms with Gasteiger partial charge in [0, 0.05) is 0 Å². The molecule has 1 rings (SSSR count). The maximum absolute atomic E-state index is 5.52. The predicted molar refractivity (Wildman–Crippen MR) is 53.2 cm³/mol. The first-order chi connectivity index (χ1) is 5.47. The van der Waals surface area contributed by atoms with Crippen LogP contribution in [0.4, 0.5) is 0 Å². The van der Waals surface area contributed by atoms with Crippen LogP contribution in [0, 0.1) is 6.92 Å². The predicted octanol–water partition coefficient (Wildman–Crippen LogP) is 2.81. The van der Waals surface area contributed by atoms with E-state index < -0.39 is 0 Å². The molecule has 12 heavy (non-hydrogen) atoms. The highest BCUT2D eigenvalue weighted by atomic mass is 79.9. The summed E-state index contributed by atoms with van der Waals surface area (Å²) in [5, 5.41) is 3.20. The van der Waals surface area contributed by atoms with Crippen LogP contribution in [0.2, 0.25) is 0 Å². The van der Waals surface area contributed by atoms with Crippen LogP contribution in [0.15, 0.2) is 15.2 Å². The minimum atomic E-state index is -0.101. The molecule has 0 aromatic carbocycles. The van der Waals surface area contributed by atoms with E-state index in [4.69, 9.17) is 4.42 Å². The molecule has 0 fully saturated rings. The minimum absolute atomic E-state index is 0.101. The maximum atomic E-state index is 5.52. The Bertz CT molecular complexity index is 278. The molecule has 0 saturated carbocycles. The highest BCUT2D eigenvalue weighted by Crippen LogP contribution is 2.28. The van der Waals surface area contributed by atoms with Crippen molar-refractivity contribution in [3.05, 3.63) is 22.1 Å². The molecule has 0 aliphatic carbocycles. The Balaban J connectivity index is 3.09. The minimum Gasteiger partial charge on any atom is -0.452 e. The van der Waals surface area contributed by atoms with Crippen LogP contribution in [-0.2, 0) is 5.54 Å². The topological polar surface area (TPSA) is 25.2 Å². The van der Waals surface area contributed by atoms with E-state index in [1.165, 1.54) is 5.56 Å². The molecule has 0 aliphatic rings. The fourth-order valence-corrected chi connectivity index (χ4v) is 1.68. The van der Waals surface area contributed by atoms with Gasteiger partial charge in [-0.25, -0.2) is 0 Å². The lowest BCUT2D eigenvalue weighted by Gasteiger charge is -2.21. The van der Waals surface area contributed by atoms with Crippen molar-refractivity contribution in [2.45, 2.75) is 26.3 Å². The first-order valence-corrected chi connectivity index (χ1v) is 4.72. The molecule has 0 spiro atoms. The second-order valence-electron chi connectivity index (χ2n) is 3.44. The van der Waals surface area contributed by atoms with Gasteiger partial charge >= 0.3 is 0 Å². The van der Waals surface area contributed by atoms with Crippen molar-refractivity contribution in [2.24, 2.45) is 0 Å². The van der Waals surface area contributed by atoms with Gasteiger partial charge in [-0.2, -0.15) is 0 Å². The summed E-state index contributed by atoms with van der Waals surface area (Å²) in [5.41, 5.74) is 1.07. The summed E-state index contributed by atoms with van der Waals surface area (Å²) < 4.78 is 6.31. The summed E-state index contributed by atoms with van der Waals surface area (Å²) in [7, 11) is 1.93. The molecule has 1 aromatic rings. The van der Waals surface area contributed by atoms with Gasteiger partial charge in [0.2, 0.25) is 0 Å². The van der Waals surface area contributed by atoms with E-state index >= 15 is 0 Å². The molecule has 0 radical (unpaired) electrons. The number of halogens is 1. The van der Waals surface area contributed by atoms with Crippen LogP contribution < -0.4 is 5.32 Å². The zero-order chi connectivity index (χ0) is 9.35. The van der Waals surface area contributed by atoms with Gasteiger partial charge in [0.05, 0.1) is 5.54 Å². The highest BCUT2D eigenvalue weighted by molar-refractivity contribution is 9.10. The summed E-state index contributed by atoms with van der Waals surface area (Å²) >= 11 is 3.31. The van der Waals surface area contributed by atoms with Gasteiger partial charge in [-0.1, -0.05) is 0 Å². The van der Waals surface area contributed by atoms with Crippen LogP contribution in [0.5, 0.6) is 0 Å². The molecule has 0 bridgehead atoms. The molecule has 1 aromatic heterocycles. The van der Waals surface area contributed by atoms with E-state index in [0.717, 1.165) is 10.4 Å². The first-order valence-electron chi connectivity index (χ1n) is 3.92. The molecule has 2 nitrogen and oxygen atoms in total. The Morgan fingerprint density at radius 3 is 2.42 bits per heavy atom. The van der Waals surface area contributed by atoms with Crippen molar-refractivity contribution in [1.82, 2.24) is 5.32 Å². The molecule has 0 amide bonds. The number of hydrogen-bond acceptors (Lipinski definition) is 2. The SMILES string of the molecule is CNC(C)(C)c1oc(Br)cc1C. The van der Waals surface area contributed by atoms with Crippen LogP contribution in [-0.4, -0.2) is 7.05 Å². The zero-order valence-electron chi connectivity index (χ0n) is 7.86. The molecule has 0 saturated heterocycles. The summed E-state index contributed by atoms with van der Waals surface area (Å²) in [6.07, 6.45) is 0. The van der Waals surface area contributed by atoms with Gasteiger partial charge in [-0.15, -0.1) is 0 Å². The van der Waals surface area contributed by atoms with E-state index in [9.17, 15) is 0 Å². The molecule has 1 N–H and O–H groups in total. The second kappa shape index (κ2) is 3.23. The van der Waals surface area contributed by atoms with Crippen LogP contribution in [0.25, 0.3) is 0 Å². The summed E-state index contributed by atoms with van der Waals surface area (Å²) in [6.45, 7) is 6.22.